The molecule has 9 heteroatoms. The van der Waals surface area contributed by atoms with Gasteiger partial charge in [-0.05, 0) is 31.2 Å². The minimum atomic E-state index is -0.334. The van der Waals surface area contributed by atoms with Gasteiger partial charge in [-0.15, -0.1) is 0 Å². The number of aromatic nitrogens is 5. The van der Waals surface area contributed by atoms with E-state index in [1.807, 2.05) is 16.7 Å². The predicted octanol–water partition coefficient (Wildman–Crippen LogP) is 1.55. The van der Waals surface area contributed by atoms with Gasteiger partial charge in [0, 0.05) is 31.3 Å². The topological polar surface area (TPSA) is 132 Å². The van der Waals surface area contributed by atoms with Crippen molar-refractivity contribution in [3.63, 3.8) is 0 Å². The van der Waals surface area contributed by atoms with Crippen LogP contribution in [-0.2, 0) is 6.54 Å². The van der Waals surface area contributed by atoms with E-state index in [2.05, 4.69) is 27.2 Å². The molecule has 1 unspecified atom stereocenters. The Kier molecular flexibility index (Phi) is 5.53. The van der Waals surface area contributed by atoms with Crippen LogP contribution in [0.15, 0.2) is 47.7 Å². The minimum absolute atomic E-state index is 0.167. The average Bonchev–Trinajstić information content (AvgIpc) is 3.17. The molecule has 1 amide bonds. The molecular formula is C21H23N7O2. The molecule has 0 aliphatic heterocycles. The number of imidazole rings is 1. The monoisotopic (exact) mass is 405 g/mol. The van der Waals surface area contributed by atoms with Gasteiger partial charge in [0.05, 0.1) is 23.1 Å². The van der Waals surface area contributed by atoms with Gasteiger partial charge in [-0.3, -0.25) is 14.6 Å². The SMILES string of the molecule is CC(CCN)c1nc2cccnc2c2c1ncn2CCNC(=O)c1cccc(=O)[nH]1. The maximum atomic E-state index is 12.3. The van der Waals surface area contributed by atoms with Crippen LogP contribution in [0.2, 0.25) is 0 Å². The van der Waals surface area contributed by atoms with Crippen molar-refractivity contribution < 1.29 is 4.79 Å². The van der Waals surface area contributed by atoms with E-state index in [1.54, 1.807) is 24.7 Å². The number of hydrogen-bond donors (Lipinski definition) is 3. The Labute approximate surface area is 172 Å². The van der Waals surface area contributed by atoms with Gasteiger partial charge in [0.1, 0.15) is 16.7 Å². The number of hydrogen-bond acceptors (Lipinski definition) is 6. The molecule has 0 saturated heterocycles. The van der Waals surface area contributed by atoms with E-state index in [9.17, 15) is 9.59 Å². The summed E-state index contributed by atoms with van der Waals surface area (Å²) in [6.45, 7) is 3.53. The summed E-state index contributed by atoms with van der Waals surface area (Å²) in [6, 6.07) is 8.28. The molecule has 1 atom stereocenters. The largest absolute Gasteiger partial charge is 0.349 e. The van der Waals surface area contributed by atoms with Crippen molar-refractivity contribution in [2.24, 2.45) is 5.73 Å². The van der Waals surface area contributed by atoms with Gasteiger partial charge in [0.15, 0.2) is 0 Å². The second-order valence-electron chi connectivity index (χ2n) is 7.17. The lowest BCUT2D eigenvalue weighted by molar-refractivity contribution is 0.0947. The van der Waals surface area contributed by atoms with Crippen LogP contribution in [0.1, 0.15) is 35.4 Å². The fraction of sp³-hybridized carbons (Fsp3) is 0.286. The van der Waals surface area contributed by atoms with E-state index >= 15 is 0 Å². The molecule has 4 N–H and O–H groups in total. The molecule has 30 heavy (non-hydrogen) atoms. The summed E-state index contributed by atoms with van der Waals surface area (Å²) >= 11 is 0. The highest BCUT2D eigenvalue weighted by Crippen LogP contribution is 2.29. The van der Waals surface area contributed by atoms with Crippen molar-refractivity contribution in [1.29, 1.82) is 0 Å². The summed E-state index contributed by atoms with van der Waals surface area (Å²) in [4.78, 5) is 40.1. The van der Waals surface area contributed by atoms with Crippen LogP contribution in [0.5, 0.6) is 0 Å². The molecule has 4 heterocycles. The molecule has 0 saturated carbocycles. The van der Waals surface area contributed by atoms with Crippen LogP contribution in [0.3, 0.4) is 0 Å². The third-order valence-corrected chi connectivity index (χ3v) is 5.05. The third-order valence-electron chi connectivity index (χ3n) is 5.05. The first-order valence-corrected chi connectivity index (χ1v) is 9.85. The highest BCUT2D eigenvalue weighted by molar-refractivity contribution is 6.00. The number of aromatic amines is 1. The molecule has 0 radical (unpaired) electrons. The van der Waals surface area contributed by atoms with Crippen LogP contribution in [-0.4, -0.2) is 43.5 Å². The van der Waals surface area contributed by atoms with E-state index in [-0.39, 0.29) is 23.1 Å². The molecule has 0 aliphatic carbocycles. The number of rotatable bonds is 7. The number of fused-ring (bicyclic) bond motifs is 3. The minimum Gasteiger partial charge on any atom is -0.349 e. The summed E-state index contributed by atoms with van der Waals surface area (Å²) in [5.74, 6) is -0.168. The molecule has 4 rings (SSSR count). The van der Waals surface area contributed by atoms with E-state index < -0.39 is 0 Å². The first-order chi connectivity index (χ1) is 14.6. The van der Waals surface area contributed by atoms with Crippen molar-refractivity contribution in [2.45, 2.75) is 25.8 Å². The number of nitrogens with zero attached hydrogens (tertiary/aromatic N) is 4. The van der Waals surface area contributed by atoms with E-state index in [0.717, 1.165) is 34.2 Å². The van der Waals surface area contributed by atoms with Gasteiger partial charge < -0.3 is 20.6 Å². The molecule has 0 fully saturated rings. The Balaban J connectivity index is 1.63. The molecule has 154 valence electrons. The smallest absolute Gasteiger partial charge is 0.267 e. The van der Waals surface area contributed by atoms with Crippen LogP contribution >= 0.6 is 0 Å². The van der Waals surface area contributed by atoms with Crippen LogP contribution in [0, 0.1) is 0 Å². The Morgan fingerprint density at radius 2 is 2.10 bits per heavy atom. The Morgan fingerprint density at radius 3 is 2.90 bits per heavy atom. The van der Waals surface area contributed by atoms with E-state index in [4.69, 9.17) is 10.7 Å². The fourth-order valence-corrected chi connectivity index (χ4v) is 3.54. The molecule has 0 bridgehead atoms. The zero-order chi connectivity index (χ0) is 21.1. The van der Waals surface area contributed by atoms with E-state index in [0.29, 0.717) is 19.6 Å². The second-order valence-corrected chi connectivity index (χ2v) is 7.17. The Morgan fingerprint density at radius 1 is 1.23 bits per heavy atom. The molecule has 4 aromatic rings. The summed E-state index contributed by atoms with van der Waals surface area (Å²) < 4.78 is 1.97. The van der Waals surface area contributed by atoms with Gasteiger partial charge >= 0.3 is 0 Å². The van der Waals surface area contributed by atoms with Gasteiger partial charge in [-0.2, -0.15) is 0 Å². The lowest BCUT2D eigenvalue weighted by Crippen LogP contribution is -2.29. The highest BCUT2D eigenvalue weighted by Gasteiger charge is 2.18. The number of H-pyrrole nitrogens is 1. The fourth-order valence-electron chi connectivity index (χ4n) is 3.54. The summed E-state index contributed by atoms with van der Waals surface area (Å²) in [6.07, 6.45) is 4.29. The molecule has 0 spiro atoms. The Hall–Kier alpha value is -3.59. The molecule has 9 nitrogen and oxygen atoms in total. The quantitative estimate of drug-likeness (QED) is 0.427. The van der Waals surface area contributed by atoms with Gasteiger partial charge in [-0.25, -0.2) is 9.97 Å². The zero-order valence-corrected chi connectivity index (χ0v) is 16.6. The number of carbonyl (C=O) groups excluding carboxylic acids is 1. The summed E-state index contributed by atoms with van der Waals surface area (Å²) in [5.41, 5.74) is 9.84. The standard InChI is InChI=1S/C21H23N7O2/c1-13(7-8-22)17-19-20(18-14(27-17)5-3-9-23-18)28(12-25-19)11-10-24-21(30)15-4-2-6-16(29)26-15/h2-6,9,12-13H,7-8,10-11,22H2,1H3,(H,24,30)(H,26,29). The normalized spacial score (nSPS) is 12.3. The molecule has 4 aromatic heterocycles. The third kappa shape index (κ3) is 3.79. The number of carbonyl (C=O) groups is 1. The maximum absolute atomic E-state index is 12.3. The average molecular weight is 405 g/mol. The van der Waals surface area contributed by atoms with Gasteiger partial charge in [-0.1, -0.05) is 13.0 Å². The number of amides is 1. The lowest BCUT2D eigenvalue weighted by atomic mass is 10.0. The van der Waals surface area contributed by atoms with Crippen molar-refractivity contribution >= 4 is 28.0 Å². The first-order valence-electron chi connectivity index (χ1n) is 9.85. The number of pyridine rings is 3. The molecular weight excluding hydrogens is 382 g/mol. The van der Waals surface area contributed by atoms with Gasteiger partial charge in [0.2, 0.25) is 5.56 Å². The predicted molar refractivity (Wildman–Crippen MR) is 114 cm³/mol. The Bertz CT molecular complexity index is 1260. The molecule has 0 aromatic carbocycles. The number of nitrogens with one attached hydrogen (secondary N) is 2. The second kappa shape index (κ2) is 8.42. The zero-order valence-electron chi connectivity index (χ0n) is 16.6. The molecule has 0 aliphatic rings. The number of nitrogens with two attached hydrogens (primary N) is 1. The van der Waals surface area contributed by atoms with Crippen molar-refractivity contribution in [1.82, 2.24) is 29.8 Å². The van der Waals surface area contributed by atoms with Gasteiger partial charge in [0.25, 0.3) is 5.91 Å². The maximum Gasteiger partial charge on any atom is 0.267 e. The van der Waals surface area contributed by atoms with Crippen LogP contribution in [0.25, 0.3) is 22.1 Å². The summed E-state index contributed by atoms with van der Waals surface area (Å²) in [5, 5.41) is 2.82. The first kappa shape index (κ1) is 19.7. The van der Waals surface area contributed by atoms with Crippen LogP contribution < -0.4 is 16.6 Å². The summed E-state index contributed by atoms with van der Waals surface area (Å²) in [7, 11) is 0. The van der Waals surface area contributed by atoms with Crippen molar-refractivity contribution in [3.8, 4) is 0 Å². The highest BCUT2D eigenvalue weighted by atomic mass is 16.2. The van der Waals surface area contributed by atoms with E-state index in [1.165, 1.54) is 6.07 Å². The van der Waals surface area contributed by atoms with Crippen molar-refractivity contribution in [3.05, 3.63) is 64.6 Å². The van der Waals surface area contributed by atoms with Crippen molar-refractivity contribution in [2.75, 3.05) is 13.1 Å². The van der Waals surface area contributed by atoms with Crippen LogP contribution in [0.4, 0.5) is 0 Å². The lowest BCUT2D eigenvalue weighted by Gasteiger charge is -2.13.